The summed E-state index contributed by atoms with van der Waals surface area (Å²) in [5, 5.41) is 0.526. The Morgan fingerprint density at radius 1 is 1.13 bits per heavy atom. The zero-order valence-electron chi connectivity index (χ0n) is 13.5. The van der Waals surface area contributed by atoms with Crippen molar-refractivity contribution in [1.29, 1.82) is 0 Å². The molecule has 5 nitrogen and oxygen atoms in total. The molecule has 0 spiro atoms. The van der Waals surface area contributed by atoms with Gasteiger partial charge in [-0.05, 0) is 29.2 Å². The maximum atomic E-state index is 12.0. The Kier molecular flexibility index (Phi) is 3.86. The van der Waals surface area contributed by atoms with Crippen molar-refractivity contribution in [2.45, 2.75) is 32.8 Å². The summed E-state index contributed by atoms with van der Waals surface area (Å²) >= 11 is 0. The number of rotatable bonds is 3. The number of benzene rings is 1. The van der Waals surface area contributed by atoms with Gasteiger partial charge in [0.05, 0.1) is 17.1 Å². The first-order valence-corrected chi connectivity index (χ1v) is 7.50. The zero-order chi connectivity index (χ0) is 16.4. The number of fused-ring (bicyclic) bond motifs is 1. The molecular weight excluding hydrogens is 290 g/mol. The summed E-state index contributed by atoms with van der Waals surface area (Å²) in [4.78, 5) is 23.1. The van der Waals surface area contributed by atoms with Crippen molar-refractivity contribution < 1.29 is 4.74 Å². The van der Waals surface area contributed by atoms with Gasteiger partial charge in [0.25, 0.3) is 5.56 Å². The van der Waals surface area contributed by atoms with Gasteiger partial charge in [0.1, 0.15) is 18.2 Å². The van der Waals surface area contributed by atoms with E-state index >= 15 is 0 Å². The molecule has 118 valence electrons. The van der Waals surface area contributed by atoms with Crippen LogP contribution in [0.5, 0.6) is 5.75 Å². The summed E-state index contributed by atoms with van der Waals surface area (Å²) in [6.45, 7) is 6.71. The molecule has 0 radical (unpaired) electrons. The Labute approximate surface area is 134 Å². The molecule has 1 N–H and O–H groups in total. The largest absolute Gasteiger partial charge is 0.486 e. The van der Waals surface area contributed by atoms with Crippen molar-refractivity contribution in [3.63, 3.8) is 0 Å². The quantitative estimate of drug-likeness (QED) is 0.806. The molecule has 0 aliphatic carbocycles. The van der Waals surface area contributed by atoms with E-state index in [1.807, 2.05) is 12.1 Å². The van der Waals surface area contributed by atoms with E-state index in [9.17, 15) is 4.79 Å². The van der Waals surface area contributed by atoms with Gasteiger partial charge in [-0.2, -0.15) is 0 Å². The maximum absolute atomic E-state index is 12.0. The van der Waals surface area contributed by atoms with Crippen LogP contribution in [0, 0.1) is 0 Å². The van der Waals surface area contributed by atoms with Crippen LogP contribution < -0.4 is 10.3 Å². The summed E-state index contributed by atoms with van der Waals surface area (Å²) in [5.41, 5.74) is 1.74. The number of hydrogen-bond acceptors (Lipinski definition) is 4. The van der Waals surface area contributed by atoms with Gasteiger partial charge in [-0.1, -0.05) is 32.9 Å². The van der Waals surface area contributed by atoms with Crippen LogP contribution in [0.2, 0.25) is 0 Å². The molecular formula is C18H19N3O2. The highest BCUT2D eigenvalue weighted by Crippen LogP contribution is 2.24. The third kappa shape index (κ3) is 3.39. The number of aromatic nitrogens is 3. The van der Waals surface area contributed by atoms with Crippen molar-refractivity contribution >= 4 is 10.9 Å². The fourth-order valence-electron chi connectivity index (χ4n) is 2.31. The molecule has 2 heterocycles. The van der Waals surface area contributed by atoms with Gasteiger partial charge in [0.15, 0.2) is 0 Å². The fourth-order valence-corrected chi connectivity index (χ4v) is 2.31. The summed E-state index contributed by atoms with van der Waals surface area (Å²) in [6.07, 6.45) is 3.15. The lowest BCUT2D eigenvalue weighted by Crippen LogP contribution is -2.14. The first kappa shape index (κ1) is 15.2. The predicted molar refractivity (Wildman–Crippen MR) is 89.6 cm³/mol. The molecule has 0 aliphatic heterocycles. The Morgan fingerprint density at radius 2 is 1.87 bits per heavy atom. The normalized spacial score (nSPS) is 11.6. The van der Waals surface area contributed by atoms with Gasteiger partial charge in [-0.3, -0.25) is 9.78 Å². The lowest BCUT2D eigenvalue weighted by atomic mass is 9.87. The van der Waals surface area contributed by atoms with E-state index in [1.165, 1.54) is 5.56 Å². The van der Waals surface area contributed by atoms with Gasteiger partial charge >= 0.3 is 0 Å². The number of H-pyrrole nitrogens is 1. The van der Waals surface area contributed by atoms with Crippen LogP contribution in [0.1, 0.15) is 32.2 Å². The second-order valence-electron chi connectivity index (χ2n) is 6.47. The lowest BCUT2D eigenvalue weighted by Gasteiger charge is -2.19. The maximum Gasteiger partial charge on any atom is 0.258 e. The number of pyridine rings is 1. The number of ether oxygens (including phenoxy) is 1. The first-order valence-electron chi connectivity index (χ1n) is 7.50. The predicted octanol–water partition coefficient (Wildman–Crippen LogP) is 3.19. The van der Waals surface area contributed by atoms with Crippen LogP contribution in [-0.2, 0) is 12.0 Å². The molecule has 0 fully saturated rings. The number of aromatic amines is 1. The van der Waals surface area contributed by atoms with Crippen LogP contribution in [0.3, 0.4) is 0 Å². The van der Waals surface area contributed by atoms with E-state index < -0.39 is 0 Å². The summed E-state index contributed by atoms with van der Waals surface area (Å²) in [5.74, 6) is 1.22. The molecule has 5 heteroatoms. The number of hydrogen-bond donors (Lipinski definition) is 1. The van der Waals surface area contributed by atoms with E-state index in [0.29, 0.717) is 16.7 Å². The standard InChI is InChI=1S/C18H19N3O2/c1-18(2,3)12-4-6-13(7-5-12)23-11-16-20-15-10-19-9-8-14(15)17(22)21-16/h4-10H,11H2,1-3H3,(H,20,21,22). The van der Waals surface area contributed by atoms with E-state index in [1.54, 1.807) is 18.5 Å². The van der Waals surface area contributed by atoms with Crippen LogP contribution in [0.15, 0.2) is 47.5 Å². The van der Waals surface area contributed by atoms with Crippen LogP contribution in [0.25, 0.3) is 10.9 Å². The molecule has 0 saturated carbocycles. The average Bonchev–Trinajstić information content (AvgIpc) is 2.52. The van der Waals surface area contributed by atoms with Crippen molar-refractivity contribution in [1.82, 2.24) is 15.0 Å². The monoisotopic (exact) mass is 309 g/mol. The van der Waals surface area contributed by atoms with Crippen molar-refractivity contribution in [2.24, 2.45) is 0 Å². The molecule has 0 unspecified atom stereocenters. The highest BCUT2D eigenvalue weighted by molar-refractivity contribution is 5.75. The minimum Gasteiger partial charge on any atom is -0.486 e. The molecule has 1 aromatic carbocycles. The first-order chi connectivity index (χ1) is 10.9. The smallest absolute Gasteiger partial charge is 0.258 e. The van der Waals surface area contributed by atoms with Gasteiger partial charge in [-0.25, -0.2) is 4.98 Å². The zero-order valence-corrected chi connectivity index (χ0v) is 13.5. The Hall–Kier alpha value is -2.69. The van der Waals surface area contributed by atoms with Gasteiger partial charge in [0.2, 0.25) is 0 Å². The van der Waals surface area contributed by atoms with Crippen LogP contribution in [-0.4, -0.2) is 15.0 Å². The highest BCUT2D eigenvalue weighted by atomic mass is 16.5. The molecule has 0 aliphatic rings. The van der Waals surface area contributed by atoms with Crippen molar-refractivity contribution in [3.8, 4) is 5.75 Å². The molecule has 3 rings (SSSR count). The molecule has 3 aromatic rings. The Morgan fingerprint density at radius 3 is 2.57 bits per heavy atom. The van der Waals surface area contributed by atoms with E-state index in [2.05, 4.69) is 47.9 Å². The topological polar surface area (TPSA) is 67.9 Å². The van der Waals surface area contributed by atoms with Gasteiger partial charge in [-0.15, -0.1) is 0 Å². The molecule has 0 bridgehead atoms. The fraction of sp³-hybridized carbons (Fsp3) is 0.278. The van der Waals surface area contributed by atoms with Crippen molar-refractivity contribution in [2.75, 3.05) is 0 Å². The summed E-state index contributed by atoms with van der Waals surface area (Å²) in [7, 11) is 0. The van der Waals surface area contributed by atoms with E-state index in [-0.39, 0.29) is 17.6 Å². The van der Waals surface area contributed by atoms with E-state index in [0.717, 1.165) is 5.75 Å². The van der Waals surface area contributed by atoms with Crippen LogP contribution in [0.4, 0.5) is 0 Å². The van der Waals surface area contributed by atoms with Crippen LogP contribution >= 0.6 is 0 Å². The van der Waals surface area contributed by atoms with E-state index in [4.69, 9.17) is 4.74 Å². The summed E-state index contributed by atoms with van der Waals surface area (Å²) in [6, 6.07) is 9.62. The summed E-state index contributed by atoms with van der Waals surface area (Å²) < 4.78 is 5.71. The Bertz CT molecular complexity index is 877. The third-order valence-electron chi connectivity index (χ3n) is 3.65. The molecule has 0 amide bonds. The minimum atomic E-state index is -0.181. The average molecular weight is 309 g/mol. The molecule has 0 saturated heterocycles. The highest BCUT2D eigenvalue weighted by Gasteiger charge is 2.13. The lowest BCUT2D eigenvalue weighted by molar-refractivity contribution is 0.296. The SMILES string of the molecule is CC(C)(C)c1ccc(OCc2nc3cnccc3c(=O)[nH]2)cc1. The minimum absolute atomic E-state index is 0.108. The van der Waals surface area contributed by atoms with Crippen molar-refractivity contribution in [3.05, 3.63) is 64.5 Å². The van der Waals surface area contributed by atoms with Gasteiger partial charge < -0.3 is 9.72 Å². The number of nitrogens with one attached hydrogen (secondary N) is 1. The molecule has 23 heavy (non-hydrogen) atoms. The second-order valence-corrected chi connectivity index (χ2v) is 6.47. The van der Waals surface area contributed by atoms with Gasteiger partial charge in [0, 0.05) is 6.20 Å². The second kappa shape index (κ2) is 5.83. The number of nitrogens with zero attached hydrogens (tertiary/aromatic N) is 2. The third-order valence-corrected chi connectivity index (χ3v) is 3.65. The molecule has 2 aromatic heterocycles. The molecule has 0 atom stereocenters. The Balaban J connectivity index is 1.77.